The molecule has 0 saturated carbocycles. The first-order valence-corrected chi connectivity index (χ1v) is 5.20. The van der Waals surface area contributed by atoms with E-state index < -0.39 is 0 Å². The SMILES string of the molecule is Cc1cc(CN)ccc1OCCN(C)C. The zero-order chi connectivity index (χ0) is 11.3. The van der Waals surface area contributed by atoms with Crippen molar-refractivity contribution in [3.8, 4) is 5.75 Å². The molecule has 1 rings (SSSR count). The maximum atomic E-state index is 5.66. The summed E-state index contributed by atoms with van der Waals surface area (Å²) in [5, 5.41) is 0. The van der Waals surface area contributed by atoms with E-state index in [-0.39, 0.29) is 0 Å². The van der Waals surface area contributed by atoms with Gasteiger partial charge in [0.05, 0.1) is 0 Å². The summed E-state index contributed by atoms with van der Waals surface area (Å²) in [6.07, 6.45) is 0. The average Bonchev–Trinajstić information content (AvgIpc) is 2.20. The molecular formula is C12H20N2O. The highest BCUT2D eigenvalue weighted by Crippen LogP contribution is 2.18. The third-order valence-electron chi connectivity index (χ3n) is 2.27. The predicted octanol–water partition coefficient (Wildman–Crippen LogP) is 1.39. The summed E-state index contributed by atoms with van der Waals surface area (Å²) in [4.78, 5) is 2.10. The van der Waals surface area contributed by atoms with Gasteiger partial charge < -0.3 is 15.4 Å². The number of hydrogen-bond donors (Lipinski definition) is 1. The number of nitrogens with zero attached hydrogens (tertiary/aromatic N) is 1. The van der Waals surface area contributed by atoms with E-state index in [9.17, 15) is 0 Å². The molecular weight excluding hydrogens is 188 g/mol. The van der Waals surface area contributed by atoms with Crippen LogP contribution in [0.15, 0.2) is 18.2 Å². The fraction of sp³-hybridized carbons (Fsp3) is 0.500. The third kappa shape index (κ3) is 3.90. The Kier molecular flexibility index (Phi) is 4.59. The molecule has 3 nitrogen and oxygen atoms in total. The second-order valence-electron chi connectivity index (χ2n) is 3.96. The van der Waals surface area contributed by atoms with E-state index in [2.05, 4.69) is 11.0 Å². The van der Waals surface area contributed by atoms with Gasteiger partial charge in [-0.05, 0) is 38.2 Å². The molecule has 0 heterocycles. The Bertz CT molecular complexity index is 310. The Morgan fingerprint density at radius 1 is 1.33 bits per heavy atom. The third-order valence-corrected chi connectivity index (χ3v) is 2.27. The molecule has 3 heteroatoms. The Morgan fingerprint density at radius 2 is 2.07 bits per heavy atom. The maximum Gasteiger partial charge on any atom is 0.122 e. The lowest BCUT2D eigenvalue weighted by molar-refractivity contribution is 0.260. The molecule has 1 aromatic rings. The van der Waals surface area contributed by atoms with Crippen LogP contribution in [0.4, 0.5) is 0 Å². The number of hydrogen-bond acceptors (Lipinski definition) is 3. The van der Waals surface area contributed by atoms with Crippen molar-refractivity contribution in [2.45, 2.75) is 13.5 Å². The summed E-state index contributed by atoms with van der Waals surface area (Å²) in [6.45, 7) is 4.27. The van der Waals surface area contributed by atoms with Crippen LogP contribution in [0.1, 0.15) is 11.1 Å². The second-order valence-corrected chi connectivity index (χ2v) is 3.96. The topological polar surface area (TPSA) is 38.5 Å². The number of likely N-dealkylation sites (N-methyl/N-ethyl adjacent to an activating group) is 1. The zero-order valence-corrected chi connectivity index (χ0v) is 9.79. The van der Waals surface area contributed by atoms with Crippen LogP contribution in [0.2, 0.25) is 0 Å². The molecule has 0 fully saturated rings. The molecule has 0 aliphatic rings. The molecule has 0 spiro atoms. The quantitative estimate of drug-likeness (QED) is 0.794. The molecule has 0 amide bonds. The fourth-order valence-corrected chi connectivity index (χ4v) is 1.34. The van der Waals surface area contributed by atoms with Crippen molar-refractivity contribution in [2.75, 3.05) is 27.2 Å². The summed E-state index contributed by atoms with van der Waals surface area (Å²) in [5.74, 6) is 0.953. The van der Waals surface area contributed by atoms with Gasteiger partial charge in [-0.15, -0.1) is 0 Å². The highest BCUT2D eigenvalue weighted by atomic mass is 16.5. The van der Waals surface area contributed by atoms with E-state index in [1.54, 1.807) is 0 Å². The van der Waals surface area contributed by atoms with Crippen LogP contribution in [0, 0.1) is 6.92 Å². The predicted molar refractivity (Wildman–Crippen MR) is 63.1 cm³/mol. The highest BCUT2D eigenvalue weighted by molar-refractivity contribution is 5.36. The summed E-state index contributed by atoms with van der Waals surface area (Å²) in [5.41, 5.74) is 7.86. The number of rotatable bonds is 5. The van der Waals surface area contributed by atoms with Gasteiger partial charge in [-0.3, -0.25) is 0 Å². The van der Waals surface area contributed by atoms with Crippen molar-refractivity contribution in [3.63, 3.8) is 0 Å². The van der Waals surface area contributed by atoms with Crippen molar-refractivity contribution in [2.24, 2.45) is 5.73 Å². The molecule has 84 valence electrons. The maximum absolute atomic E-state index is 5.66. The molecule has 0 unspecified atom stereocenters. The molecule has 15 heavy (non-hydrogen) atoms. The normalized spacial score (nSPS) is 10.7. The molecule has 2 N–H and O–H groups in total. The van der Waals surface area contributed by atoms with E-state index >= 15 is 0 Å². The molecule has 0 bridgehead atoms. The van der Waals surface area contributed by atoms with E-state index in [1.807, 2.05) is 33.2 Å². The van der Waals surface area contributed by atoms with Crippen LogP contribution in [-0.4, -0.2) is 32.1 Å². The minimum absolute atomic E-state index is 0.582. The van der Waals surface area contributed by atoms with Gasteiger partial charge in [-0.1, -0.05) is 12.1 Å². The van der Waals surface area contributed by atoms with Gasteiger partial charge in [-0.2, -0.15) is 0 Å². The molecule has 0 atom stereocenters. The van der Waals surface area contributed by atoms with Crippen molar-refractivity contribution >= 4 is 0 Å². The smallest absolute Gasteiger partial charge is 0.122 e. The van der Waals surface area contributed by atoms with Crippen molar-refractivity contribution in [1.82, 2.24) is 4.90 Å². The van der Waals surface area contributed by atoms with Gasteiger partial charge in [0.15, 0.2) is 0 Å². The number of benzene rings is 1. The van der Waals surface area contributed by atoms with Gasteiger partial charge in [0, 0.05) is 13.1 Å². The summed E-state index contributed by atoms with van der Waals surface area (Å²) < 4.78 is 5.66. The summed E-state index contributed by atoms with van der Waals surface area (Å²) in [7, 11) is 4.07. The molecule has 0 aliphatic carbocycles. The van der Waals surface area contributed by atoms with Crippen LogP contribution < -0.4 is 10.5 Å². The molecule has 0 aliphatic heterocycles. The van der Waals surface area contributed by atoms with Crippen LogP contribution in [0.3, 0.4) is 0 Å². The largest absolute Gasteiger partial charge is 0.492 e. The van der Waals surface area contributed by atoms with Crippen molar-refractivity contribution < 1.29 is 4.74 Å². The molecule has 0 saturated heterocycles. The Labute approximate surface area is 91.8 Å². The minimum Gasteiger partial charge on any atom is -0.492 e. The monoisotopic (exact) mass is 208 g/mol. The highest BCUT2D eigenvalue weighted by Gasteiger charge is 2.00. The van der Waals surface area contributed by atoms with Crippen LogP contribution >= 0.6 is 0 Å². The van der Waals surface area contributed by atoms with Gasteiger partial charge in [0.1, 0.15) is 12.4 Å². The lowest BCUT2D eigenvalue weighted by Gasteiger charge is -2.13. The lowest BCUT2D eigenvalue weighted by Crippen LogP contribution is -2.19. The number of ether oxygens (including phenoxy) is 1. The Morgan fingerprint density at radius 3 is 2.60 bits per heavy atom. The molecule has 0 aromatic heterocycles. The zero-order valence-electron chi connectivity index (χ0n) is 9.79. The van der Waals surface area contributed by atoms with Crippen LogP contribution in [0.5, 0.6) is 5.75 Å². The number of nitrogens with two attached hydrogens (primary N) is 1. The second kappa shape index (κ2) is 5.73. The van der Waals surface area contributed by atoms with Crippen LogP contribution in [0.25, 0.3) is 0 Å². The van der Waals surface area contributed by atoms with E-state index in [4.69, 9.17) is 10.5 Å². The van der Waals surface area contributed by atoms with E-state index in [0.29, 0.717) is 6.54 Å². The average molecular weight is 208 g/mol. The number of aryl methyl sites for hydroxylation is 1. The fourth-order valence-electron chi connectivity index (χ4n) is 1.34. The Balaban J connectivity index is 2.54. The summed E-state index contributed by atoms with van der Waals surface area (Å²) in [6, 6.07) is 6.08. The van der Waals surface area contributed by atoms with E-state index in [1.165, 1.54) is 0 Å². The first-order valence-electron chi connectivity index (χ1n) is 5.20. The van der Waals surface area contributed by atoms with Crippen molar-refractivity contribution in [1.29, 1.82) is 0 Å². The molecule has 0 radical (unpaired) electrons. The molecule has 1 aromatic carbocycles. The van der Waals surface area contributed by atoms with Crippen molar-refractivity contribution in [3.05, 3.63) is 29.3 Å². The van der Waals surface area contributed by atoms with E-state index in [0.717, 1.165) is 30.0 Å². The standard InChI is InChI=1S/C12H20N2O/c1-10-8-11(9-13)4-5-12(10)15-7-6-14(2)3/h4-5,8H,6-7,9,13H2,1-3H3. The Hall–Kier alpha value is -1.06. The first kappa shape index (κ1) is 12.0. The van der Waals surface area contributed by atoms with Gasteiger partial charge in [-0.25, -0.2) is 0 Å². The lowest BCUT2D eigenvalue weighted by atomic mass is 10.1. The summed E-state index contributed by atoms with van der Waals surface area (Å²) >= 11 is 0. The van der Waals surface area contributed by atoms with Crippen LogP contribution in [-0.2, 0) is 6.54 Å². The van der Waals surface area contributed by atoms with Gasteiger partial charge in [0.2, 0.25) is 0 Å². The van der Waals surface area contributed by atoms with Gasteiger partial charge in [0.25, 0.3) is 0 Å². The minimum atomic E-state index is 0.582. The first-order chi connectivity index (χ1) is 7.13. The van der Waals surface area contributed by atoms with Gasteiger partial charge >= 0.3 is 0 Å².